The molecule has 4 nitrogen and oxygen atoms in total. The molecule has 0 aliphatic rings. The Kier molecular flexibility index (Phi) is 3.65. The summed E-state index contributed by atoms with van der Waals surface area (Å²) in [5, 5.41) is 0.641. The summed E-state index contributed by atoms with van der Waals surface area (Å²) in [5.74, 6) is -0.386. The number of hydrogen-bond acceptors (Lipinski definition) is 3. The number of fused-ring (bicyclic) bond motifs is 1. The fourth-order valence-corrected chi connectivity index (χ4v) is 3.21. The molecule has 1 aromatic heterocycles. The standard InChI is InChI=1S/C15H12BrClN2O2/c1-19-12-5-2-8(6-13(12)21-15(19)20)14(18)10-4-3-9(17)7-11(10)16/h2-7,14H,18H2,1H3. The Labute approximate surface area is 134 Å². The highest BCUT2D eigenvalue weighted by molar-refractivity contribution is 9.10. The van der Waals surface area contributed by atoms with Crippen molar-refractivity contribution in [2.45, 2.75) is 6.04 Å². The van der Waals surface area contributed by atoms with Crippen molar-refractivity contribution in [1.29, 1.82) is 0 Å². The Morgan fingerprint density at radius 2 is 2.05 bits per heavy atom. The minimum atomic E-state index is -0.386. The van der Waals surface area contributed by atoms with Crippen LogP contribution < -0.4 is 11.5 Å². The van der Waals surface area contributed by atoms with Crippen LogP contribution in [0.1, 0.15) is 17.2 Å². The first kappa shape index (κ1) is 14.4. The van der Waals surface area contributed by atoms with Gasteiger partial charge >= 0.3 is 5.76 Å². The maximum atomic E-state index is 11.5. The van der Waals surface area contributed by atoms with Crippen LogP contribution in [0.4, 0.5) is 0 Å². The number of nitrogens with two attached hydrogens (primary N) is 1. The first-order valence-electron chi connectivity index (χ1n) is 6.27. The molecule has 2 N–H and O–H groups in total. The van der Waals surface area contributed by atoms with E-state index in [9.17, 15) is 4.79 Å². The molecular formula is C15H12BrClN2O2. The lowest BCUT2D eigenvalue weighted by Gasteiger charge is -2.14. The smallest absolute Gasteiger partial charge is 0.408 e. The minimum Gasteiger partial charge on any atom is -0.408 e. The molecule has 0 aliphatic carbocycles. The molecule has 1 heterocycles. The molecule has 21 heavy (non-hydrogen) atoms. The molecule has 3 rings (SSSR count). The zero-order valence-corrected chi connectivity index (χ0v) is 13.5. The van der Waals surface area contributed by atoms with E-state index in [0.717, 1.165) is 21.1 Å². The summed E-state index contributed by atoms with van der Waals surface area (Å²) < 4.78 is 7.50. The van der Waals surface area contributed by atoms with E-state index in [-0.39, 0.29) is 11.8 Å². The van der Waals surface area contributed by atoms with Crippen LogP contribution in [-0.4, -0.2) is 4.57 Å². The minimum absolute atomic E-state index is 0.341. The topological polar surface area (TPSA) is 61.2 Å². The second kappa shape index (κ2) is 5.33. The lowest BCUT2D eigenvalue weighted by atomic mass is 9.99. The van der Waals surface area contributed by atoms with Crippen molar-refractivity contribution in [3.05, 3.63) is 67.6 Å². The van der Waals surface area contributed by atoms with Crippen LogP contribution in [0.3, 0.4) is 0 Å². The van der Waals surface area contributed by atoms with Crippen LogP contribution in [0.25, 0.3) is 11.1 Å². The highest BCUT2D eigenvalue weighted by Crippen LogP contribution is 2.30. The first-order valence-corrected chi connectivity index (χ1v) is 7.44. The third kappa shape index (κ3) is 2.52. The molecule has 108 valence electrons. The van der Waals surface area contributed by atoms with Crippen molar-refractivity contribution >= 4 is 38.6 Å². The van der Waals surface area contributed by atoms with Crippen molar-refractivity contribution in [2.24, 2.45) is 12.8 Å². The van der Waals surface area contributed by atoms with Crippen LogP contribution in [0.15, 0.2) is 50.1 Å². The maximum absolute atomic E-state index is 11.5. The predicted molar refractivity (Wildman–Crippen MR) is 86.6 cm³/mol. The highest BCUT2D eigenvalue weighted by atomic mass is 79.9. The number of halogens is 2. The molecule has 0 radical (unpaired) electrons. The van der Waals surface area contributed by atoms with Crippen LogP contribution in [0.2, 0.25) is 5.02 Å². The number of oxazole rings is 1. The van der Waals surface area contributed by atoms with Gasteiger partial charge in [-0.2, -0.15) is 0 Å². The molecule has 1 atom stereocenters. The number of benzene rings is 2. The van der Waals surface area contributed by atoms with Crippen molar-refractivity contribution in [2.75, 3.05) is 0 Å². The second-order valence-electron chi connectivity index (χ2n) is 4.80. The molecule has 0 amide bonds. The molecule has 1 unspecified atom stereocenters. The van der Waals surface area contributed by atoms with Gasteiger partial charge < -0.3 is 10.2 Å². The Morgan fingerprint density at radius 3 is 2.76 bits per heavy atom. The van der Waals surface area contributed by atoms with Gasteiger partial charge in [-0.1, -0.05) is 39.7 Å². The van der Waals surface area contributed by atoms with E-state index in [2.05, 4.69) is 15.9 Å². The summed E-state index contributed by atoms with van der Waals surface area (Å²) >= 11 is 9.41. The molecule has 3 aromatic rings. The third-order valence-electron chi connectivity index (χ3n) is 3.47. The largest absolute Gasteiger partial charge is 0.419 e. The summed E-state index contributed by atoms with van der Waals surface area (Å²) in [7, 11) is 1.67. The molecule has 0 spiro atoms. The lowest BCUT2D eigenvalue weighted by Crippen LogP contribution is -2.12. The molecule has 2 aromatic carbocycles. The molecule has 0 fully saturated rings. The SMILES string of the molecule is Cn1c(=O)oc2cc(C(N)c3ccc(Cl)cc3Br)ccc21. The molecular weight excluding hydrogens is 356 g/mol. The average Bonchev–Trinajstić information content (AvgIpc) is 2.73. The summed E-state index contributed by atoms with van der Waals surface area (Å²) in [4.78, 5) is 11.5. The number of aromatic nitrogens is 1. The fourth-order valence-electron chi connectivity index (χ4n) is 2.28. The van der Waals surface area contributed by atoms with Gasteiger partial charge in [0.2, 0.25) is 0 Å². The van der Waals surface area contributed by atoms with Gasteiger partial charge in [-0.05, 0) is 35.4 Å². The Hall–Kier alpha value is -1.56. The van der Waals surface area contributed by atoms with Gasteiger partial charge in [0.25, 0.3) is 0 Å². The zero-order chi connectivity index (χ0) is 15.1. The monoisotopic (exact) mass is 366 g/mol. The molecule has 0 aliphatic heterocycles. The Morgan fingerprint density at radius 1 is 1.29 bits per heavy atom. The lowest BCUT2D eigenvalue weighted by molar-refractivity contribution is 0.527. The summed E-state index contributed by atoms with van der Waals surface area (Å²) in [5.41, 5.74) is 9.35. The molecule has 0 bridgehead atoms. The van der Waals surface area contributed by atoms with Crippen molar-refractivity contribution < 1.29 is 4.42 Å². The normalized spacial score (nSPS) is 12.8. The van der Waals surface area contributed by atoms with E-state index >= 15 is 0 Å². The maximum Gasteiger partial charge on any atom is 0.419 e. The van der Waals surface area contributed by atoms with E-state index in [0.29, 0.717) is 10.6 Å². The van der Waals surface area contributed by atoms with E-state index in [1.807, 2.05) is 18.2 Å². The average molecular weight is 368 g/mol. The van der Waals surface area contributed by atoms with Crippen LogP contribution in [-0.2, 0) is 7.05 Å². The summed E-state index contributed by atoms with van der Waals surface area (Å²) in [6.07, 6.45) is 0. The molecule has 0 saturated heterocycles. The second-order valence-corrected chi connectivity index (χ2v) is 6.09. The van der Waals surface area contributed by atoms with E-state index in [1.165, 1.54) is 4.57 Å². The van der Waals surface area contributed by atoms with Crippen molar-refractivity contribution in [3.8, 4) is 0 Å². The van der Waals surface area contributed by atoms with Crippen LogP contribution in [0, 0.1) is 0 Å². The van der Waals surface area contributed by atoms with E-state index in [4.69, 9.17) is 21.8 Å². The van der Waals surface area contributed by atoms with Crippen molar-refractivity contribution in [3.63, 3.8) is 0 Å². The van der Waals surface area contributed by atoms with Gasteiger partial charge in [-0.25, -0.2) is 4.79 Å². The van der Waals surface area contributed by atoms with Gasteiger partial charge in [0, 0.05) is 16.5 Å². The van der Waals surface area contributed by atoms with Gasteiger partial charge in [-0.15, -0.1) is 0 Å². The number of aryl methyl sites for hydroxylation is 1. The van der Waals surface area contributed by atoms with Gasteiger partial charge in [0.05, 0.1) is 11.6 Å². The molecule has 0 saturated carbocycles. The third-order valence-corrected chi connectivity index (χ3v) is 4.39. The van der Waals surface area contributed by atoms with E-state index in [1.54, 1.807) is 25.2 Å². The van der Waals surface area contributed by atoms with Crippen LogP contribution >= 0.6 is 27.5 Å². The number of rotatable bonds is 2. The van der Waals surface area contributed by atoms with Gasteiger partial charge in [0.1, 0.15) is 0 Å². The summed E-state index contributed by atoms with van der Waals surface area (Å²) in [6, 6.07) is 10.7. The van der Waals surface area contributed by atoms with Gasteiger partial charge in [0.15, 0.2) is 5.58 Å². The Bertz CT molecular complexity index is 885. The molecule has 6 heteroatoms. The van der Waals surface area contributed by atoms with Gasteiger partial charge in [-0.3, -0.25) is 4.57 Å². The quantitative estimate of drug-likeness (QED) is 0.753. The number of hydrogen-bond donors (Lipinski definition) is 1. The zero-order valence-electron chi connectivity index (χ0n) is 11.1. The van der Waals surface area contributed by atoms with Crippen LogP contribution in [0.5, 0.6) is 0 Å². The first-order chi connectivity index (χ1) is 9.97. The number of nitrogens with zero attached hydrogens (tertiary/aromatic N) is 1. The highest BCUT2D eigenvalue weighted by Gasteiger charge is 2.15. The Balaban J connectivity index is 2.09. The van der Waals surface area contributed by atoms with E-state index < -0.39 is 0 Å². The van der Waals surface area contributed by atoms with Crippen molar-refractivity contribution in [1.82, 2.24) is 4.57 Å². The summed E-state index contributed by atoms with van der Waals surface area (Å²) in [6.45, 7) is 0. The predicted octanol–water partition coefficient (Wildman–Crippen LogP) is 3.60. The fraction of sp³-hybridized carbons (Fsp3) is 0.133.